The Hall–Kier alpha value is -2.52. The molecule has 1 spiro atoms. The smallest absolute Gasteiger partial charge is 0.252 e. The largest absolute Gasteiger partial charge is 0.369 e. The minimum atomic E-state index is -0.794. The Morgan fingerprint density at radius 1 is 1.21 bits per heavy atom. The summed E-state index contributed by atoms with van der Waals surface area (Å²) in [6.45, 7) is 2.37. The van der Waals surface area contributed by atoms with Gasteiger partial charge in [-0.2, -0.15) is 0 Å². The van der Waals surface area contributed by atoms with Crippen molar-refractivity contribution in [2.45, 2.75) is 37.5 Å². The summed E-state index contributed by atoms with van der Waals surface area (Å²) in [5.74, 6) is -2.48. The van der Waals surface area contributed by atoms with E-state index in [-0.39, 0.29) is 24.3 Å². The second-order valence-electron chi connectivity index (χ2n) is 7.24. The SMILES string of the molecule is O=C1CCC(NC(=O)c2ccc(N3CCC4(CC3)OCCO4)c(F)c2)C(=O)N1. The van der Waals surface area contributed by atoms with Crippen molar-refractivity contribution in [1.29, 1.82) is 0 Å². The number of rotatable bonds is 3. The Morgan fingerprint density at radius 3 is 2.57 bits per heavy atom. The molecule has 3 saturated heterocycles. The number of benzene rings is 1. The minimum Gasteiger partial charge on any atom is -0.369 e. The Balaban J connectivity index is 1.39. The minimum absolute atomic E-state index is 0.127. The van der Waals surface area contributed by atoms with Crippen LogP contribution in [-0.2, 0) is 19.1 Å². The van der Waals surface area contributed by atoms with E-state index in [1.165, 1.54) is 12.1 Å². The lowest BCUT2D eigenvalue weighted by Crippen LogP contribution is -2.52. The van der Waals surface area contributed by atoms with Crippen molar-refractivity contribution in [2.75, 3.05) is 31.2 Å². The number of nitrogens with zero attached hydrogens (tertiary/aromatic N) is 1. The van der Waals surface area contributed by atoms with Crippen LogP contribution < -0.4 is 15.5 Å². The van der Waals surface area contributed by atoms with E-state index in [4.69, 9.17) is 9.47 Å². The molecule has 3 aliphatic rings. The molecule has 0 radical (unpaired) electrons. The second-order valence-corrected chi connectivity index (χ2v) is 7.24. The van der Waals surface area contributed by atoms with Crippen LogP contribution in [0.15, 0.2) is 18.2 Å². The van der Waals surface area contributed by atoms with E-state index in [0.717, 1.165) is 0 Å². The van der Waals surface area contributed by atoms with E-state index < -0.39 is 29.5 Å². The first-order valence-corrected chi connectivity index (χ1v) is 9.43. The maximum Gasteiger partial charge on any atom is 0.252 e. The van der Waals surface area contributed by atoms with Crippen molar-refractivity contribution >= 4 is 23.4 Å². The van der Waals surface area contributed by atoms with Crippen molar-refractivity contribution in [1.82, 2.24) is 10.6 Å². The molecular formula is C19H22FN3O5. The van der Waals surface area contributed by atoms with Crippen molar-refractivity contribution in [3.8, 4) is 0 Å². The zero-order valence-corrected chi connectivity index (χ0v) is 15.3. The number of carbonyl (C=O) groups is 3. The highest BCUT2D eigenvalue weighted by atomic mass is 19.1. The number of imide groups is 1. The van der Waals surface area contributed by atoms with Gasteiger partial charge in [-0.3, -0.25) is 19.7 Å². The summed E-state index contributed by atoms with van der Waals surface area (Å²) >= 11 is 0. The number of piperidine rings is 2. The van der Waals surface area contributed by atoms with E-state index in [1.54, 1.807) is 6.07 Å². The molecular weight excluding hydrogens is 369 g/mol. The van der Waals surface area contributed by atoms with Crippen LogP contribution in [0.1, 0.15) is 36.0 Å². The lowest BCUT2D eigenvalue weighted by atomic mass is 10.0. The fourth-order valence-electron chi connectivity index (χ4n) is 3.85. The van der Waals surface area contributed by atoms with Crippen LogP contribution in [0.2, 0.25) is 0 Å². The number of hydrogen-bond acceptors (Lipinski definition) is 6. The van der Waals surface area contributed by atoms with Crippen LogP contribution in [0.4, 0.5) is 10.1 Å². The number of carbonyl (C=O) groups excluding carboxylic acids is 3. The van der Waals surface area contributed by atoms with Gasteiger partial charge in [0, 0.05) is 37.9 Å². The van der Waals surface area contributed by atoms with Crippen LogP contribution in [0, 0.1) is 5.82 Å². The number of hydrogen-bond donors (Lipinski definition) is 2. The predicted molar refractivity (Wildman–Crippen MR) is 96.1 cm³/mol. The molecule has 3 amide bonds. The Bertz CT molecular complexity index is 799. The fraction of sp³-hybridized carbons (Fsp3) is 0.526. The van der Waals surface area contributed by atoms with Gasteiger partial charge >= 0.3 is 0 Å². The van der Waals surface area contributed by atoms with Crippen LogP contribution in [-0.4, -0.2) is 55.9 Å². The molecule has 3 aliphatic heterocycles. The van der Waals surface area contributed by atoms with Gasteiger partial charge in [0.2, 0.25) is 11.8 Å². The number of nitrogens with one attached hydrogen (secondary N) is 2. The number of halogens is 1. The second kappa shape index (κ2) is 7.48. The molecule has 8 nitrogen and oxygen atoms in total. The van der Waals surface area contributed by atoms with Crippen molar-refractivity contribution < 1.29 is 28.2 Å². The summed E-state index contributed by atoms with van der Waals surface area (Å²) in [6.07, 6.45) is 1.71. The van der Waals surface area contributed by atoms with Crippen LogP contribution in [0.3, 0.4) is 0 Å². The molecule has 0 saturated carbocycles. The predicted octanol–water partition coefficient (Wildman–Crippen LogP) is 0.704. The zero-order valence-electron chi connectivity index (χ0n) is 15.3. The fourth-order valence-corrected chi connectivity index (χ4v) is 3.85. The topological polar surface area (TPSA) is 97.0 Å². The third-order valence-corrected chi connectivity index (χ3v) is 5.43. The molecule has 3 fully saturated rings. The Morgan fingerprint density at radius 2 is 1.93 bits per heavy atom. The van der Waals surface area contributed by atoms with E-state index in [2.05, 4.69) is 10.6 Å². The molecule has 0 aromatic heterocycles. The molecule has 1 unspecified atom stereocenters. The van der Waals surface area contributed by atoms with E-state index in [1.807, 2.05) is 4.90 Å². The average molecular weight is 391 g/mol. The third-order valence-electron chi connectivity index (χ3n) is 5.43. The first kappa shape index (κ1) is 18.8. The number of anilines is 1. The van der Waals surface area contributed by atoms with Gasteiger partial charge in [-0.1, -0.05) is 0 Å². The first-order chi connectivity index (χ1) is 13.5. The molecule has 9 heteroatoms. The van der Waals surface area contributed by atoms with Crippen molar-refractivity contribution in [2.24, 2.45) is 0 Å². The van der Waals surface area contributed by atoms with Gasteiger partial charge < -0.3 is 19.7 Å². The summed E-state index contributed by atoms with van der Waals surface area (Å²) < 4.78 is 26.0. The van der Waals surface area contributed by atoms with Crippen molar-refractivity contribution in [3.63, 3.8) is 0 Å². The van der Waals surface area contributed by atoms with Gasteiger partial charge in [0.1, 0.15) is 11.9 Å². The first-order valence-electron chi connectivity index (χ1n) is 9.43. The Kier molecular flexibility index (Phi) is 5.03. The highest BCUT2D eigenvalue weighted by Crippen LogP contribution is 2.34. The van der Waals surface area contributed by atoms with Crippen molar-refractivity contribution in [3.05, 3.63) is 29.6 Å². The van der Waals surface area contributed by atoms with Gasteiger partial charge in [0.15, 0.2) is 5.79 Å². The molecule has 2 N–H and O–H groups in total. The van der Waals surface area contributed by atoms with Crippen LogP contribution in [0.5, 0.6) is 0 Å². The normalized spacial score (nSPS) is 24.3. The molecule has 3 heterocycles. The van der Waals surface area contributed by atoms with Gasteiger partial charge in [0.05, 0.1) is 18.9 Å². The van der Waals surface area contributed by atoms with Gasteiger partial charge in [0.25, 0.3) is 5.91 Å². The van der Waals surface area contributed by atoms with E-state index in [0.29, 0.717) is 44.8 Å². The summed E-state index contributed by atoms with van der Waals surface area (Å²) in [6, 6.07) is 3.48. The maximum absolute atomic E-state index is 14.7. The zero-order chi connectivity index (χ0) is 19.7. The highest BCUT2D eigenvalue weighted by Gasteiger charge is 2.40. The Labute approximate surface area is 161 Å². The number of amides is 3. The molecule has 0 aliphatic carbocycles. The lowest BCUT2D eigenvalue weighted by Gasteiger charge is -2.38. The van der Waals surface area contributed by atoms with E-state index in [9.17, 15) is 18.8 Å². The molecule has 0 bridgehead atoms. The molecule has 28 heavy (non-hydrogen) atoms. The lowest BCUT2D eigenvalue weighted by molar-refractivity contribution is -0.169. The molecule has 4 rings (SSSR count). The van der Waals surface area contributed by atoms with Crippen LogP contribution in [0.25, 0.3) is 0 Å². The average Bonchev–Trinajstić information content (AvgIpc) is 3.13. The summed E-state index contributed by atoms with van der Waals surface area (Å²) in [4.78, 5) is 37.2. The highest BCUT2D eigenvalue weighted by molar-refractivity contribution is 6.03. The monoisotopic (exact) mass is 391 g/mol. The molecule has 1 aromatic carbocycles. The van der Waals surface area contributed by atoms with Gasteiger partial charge in [-0.05, 0) is 24.6 Å². The van der Waals surface area contributed by atoms with Gasteiger partial charge in [-0.15, -0.1) is 0 Å². The third kappa shape index (κ3) is 3.72. The standard InChI is InChI=1S/C19H22FN3O5/c20-13-11-12(17(25)21-14-2-4-16(24)22-18(14)26)1-3-15(13)23-7-5-19(6-8-23)27-9-10-28-19/h1,3,11,14H,2,4-10H2,(H,21,25)(H,22,24,26). The summed E-state index contributed by atoms with van der Waals surface area (Å²) in [7, 11) is 0. The summed E-state index contributed by atoms with van der Waals surface area (Å²) in [5, 5.41) is 4.72. The molecule has 150 valence electrons. The van der Waals surface area contributed by atoms with Crippen LogP contribution >= 0.6 is 0 Å². The molecule has 1 aromatic rings. The van der Waals surface area contributed by atoms with E-state index >= 15 is 0 Å². The summed E-state index contributed by atoms with van der Waals surface area (Å²) in [5.41, 5.74) is 0.548. The molecule has 1 atom stereocenters. The quantitative estimate of drug-likeness (QED) is 0.737. The maximum atomic E-state index is 14.7. The number of ether oxygens (including phenoxy) is 2. The van der Waals surface area contributed by atoms with Gasteiger partial charge in [-0.25, -0.2) is 4.39 Å².